The largest absolute Gasteiger partial charge is 0.292 e. The van der Waals surface area contributed by atoms with Crippen LogP contribution in [0.1, 0.15) is 15.9 Å². The van der Waals surface area contributed by atoms with Gasteiger partial charge in [0.05, 0.1) is 11.1 Å². The van der Waals surface area contributed by atoms with Gasteiger partial charge in [-0.05, 0) is 24.6 Å². The number of rotatable bonds is 7. The van der Waals surface area contributed by atoms with Gasteiger partial charge < -0.3 is 0 Å². The molecule has 4 aromatic rings. The molecule has 4 rings (SSSR count). The lowest BCUT2D eigenvalue weighted by Crippen LogP contribution is -2.32. The summed E-state index contributed by atoms with van der Waals surface area (Å²) in [7, 11) is 0. The number of thioether (sulfide) groups is 1. The number of carbonyl (C=O) groups excluding carboxylic acids is 2. The SMILES string of the molecule is C=CCn1c(SCC(=O)NC(=O)c2ccccc2)nc2scc(-c3ccc(C)cc3)c2c1=O. The molecule has 0 atom stereocenters. The molecule has 0 unspecified atom stereocenters. The number of benzene rings is 2. The summed E-state index contributed by atoms with van der Waals surface area (Å²) < 4.78 is 1.51. The smallest absolute Gasteiger partial charge is 0.263 e. The van der Waals surface area contributed by atoms with Crippen molar-refractivity contribution in [3.8, 4) is 11.1 Å². The lowest BCUT2D eigenvalue weighted by molar-refractivity contribution is -0.117. The number of allylic oxidation sites excluding steroid dienone is 1. The Morgan fingerprint density at radius 2 is 1.88 bits per heavy atom. The van der Waals surface area contributed by atoms with Crippen LogP contribution in [0.25, 0.3) is 21.3 Å². The highest BCUT2D eigenvalue weighted by Gasteiger charge is 2.18. The van der Waals surface area contributed by atoms with E-state index < -0.39 is 11.8 Å². The molecule has 0 aliphatic rings. The van der Waals surface area contributed by atoms with Gasteiger partial charge in [0.2, 0.25) is 5.91 Å². The Morgan fingerprint density at radius 3 is 2.58 bits per heavy atom. The number of nitrogens with one attached hydrogen (secondary N) is 1. The van der Waals surface area contributed by atoms with Crippen molar-refractivity contribution >= 4 is 45.1 Å². The van der Waals surface area contributed by atoms with Crippen LogP contribution in [-0.2, 0) is 11.3 Å². The van der Waals surface area contributed by atoms with E-state index in [4.69, 9.17) is 0 Å². The molecule has 0 radical (unpaired) electrons. The van der Waals surface area contributed by atoms with Crippen molar-refractivity contribution in [2.75, 3.05) is 5.75 Å². The highest BCUT2D eigenvalue weighted by Crippen LogP contribution is 2.32. The standard InChI is InChI=1S/C25H21N3O3S2/c1-3-13-28-24(31)21-19(17-11-9-16(2)10-12-17)14-32-23(21)27-25(28)33-15-20(29)26-22(30)18-7-5-4-6-8-18/h3-12,14H,1,13,15H2,2H3,(H,26,29,30). The van der Waals surface area contributed by atoms with Gasteiger partial charge in [-0.15, -0.1) is 17.9 Å². The Balaban J connectivity index is 1.60. The first-order valence-corrected chi connectivity index (χ1v) is 12.1. The van der Waals surface area contributed by atoms with Crippen molar-refractivity contribution in [2.45, 2.75) is 18.6 Å². The maximum atomic E-state index is 13.4. The lowest BCUT2D eigenvalue weighted by atomic mass is 10.1. The molecule has 166 valence electrons. The number of aryl methyl sites for hydroxylation is 1. The highest BCUT2D eigenvalue weighted by atomic mass is 32.2. The second-order valence-electron chi connectivity index (χ2n) is 7.33. The van der Waals surface area contributed by atoms with Crippen molar-refractivity contribution in [1.82, 2.24) is 14.9 Å². The number of aromatic nitrogens is 2. The summed E-state index contributed by atoms with van der Waals surface area (Å²) in [6.45, 7) is 6.02. The molecule has 2 aromatic carbocycles. The Morgan fingerprint density at radius 1 is 1.15 bits per heavy atom. The van der Waals surface area contributed by atoms with Crippen molar-refractivity contribution in [3.63, 3.8) is 0 Å². The van der Waals surface area contributed by atoms with E-state index in [1.807, 2.05) is 36.6 Å². The summed E-state index contributed by atoms with van der Waals surface area (Å²) >= 11 is 2.51. The third kappa shape index (κ3) is 4.97. The molecular formula is C25H21N3O3S2. The van der Waals surface area contributed by atoms with Crippen molar-refractivity contribution in [1.29, 1.82) is 0 Å². The van der Waals surface area contributed by atoms with Gasteiger partial charge in [0.1, 0.15) is 4.83 Å². The monoisotopic (exact) mass is 475 g/mol. The van der Waals surface area contributed by atoms with E-state index in [0.29, 0.717) is 20.9 Å². The number of thiophene rings is 1. The fraction of sp³-hybridized carbons (Fsp3) is 0.120. The topological polar surface area (TPSA) is 81.1 Å². The predicted molar refractivity (Wildman–Crippen MR) is 134 cm³/mol. The van der Waals surface area contributed by atoms with E-state index in [1.54, 1.807) is 36.4 Å². The summed E-state index contributed by atoms with van der Waals surface area (Å²) in [6.07, 6.45) is 1.62. The summed E-state index contributed by atoms with van der Waals surface area (Å²) in [5.41, 5.74) is 3.16. The quantitative estimate of drug-likeness (QED) is 0.239. The van der Waals surface area contributed by atoms with Gasteiger partial charge in [0, 0.05) is 23.1 Å². The van der Waals surface area contributed by atoms with Crippen LogP contribution >= 0.6 is 23.1 Å². The number of hydrogen-bond donors (Lipinski definition) is 1. The summed E-state index contributed by atoms with van der Waals surface area (Å²) in [4.78, 5) is 43.2. The summed E-state index contributed by atoms with van der Waals surface area (Å²) in [5.74, 6) is -0.974. The zero-order chi connectivity index (χ0) is 23.4. The Hall–Kier alpha value is -3.49. The fourth-order valence-electron chi connectivity index (χ4n) is 3.31. The number of fused-ring (bicyclic) bond motifs is 1. The Labute approximate surface area is 199 Å². The zero-order valence-electron chi connectivity index (χ0n) is 17.9. The summed E-state index contributed by atoms with van der Waals surface area (Å²) in [6, 6.07) is 16.5. The first-order valence-electron chi connectivity index (χ1n) is 10.2. The van der Waals surface area contributed by atoms with Crippen LogP contribution in [0, 0.1) is 6.92 Å². The van der Waals surface area contributed by atoms with Gasteiger partial charge in [-0.1, -0.05) is 65.9 Å². The molecule has 0 fully saturated rings. The minimum atomic E-state index is -0.464. The van der Waals surface area contributed by atoms with Gasteiger partial charge in [-0.3, -0.25) is 24.3 Å². The fourth-order valence-corrected chi connectivity index (χ4v) is 5.10. The Kier molecular flexibility index (Phi) is 6.86. The van der Waals surface area contributed by atoms with Gasteiger partial charge in [0.25, 0.3) is 11.5 Å². The lowest BCUT2D eigenvalue weighted by Gasteiger charge is -2.11. The zero-order valence-corrected chi connectivity index (χ0v) is 19.5. The molecule has 8 heteroatoms. The number of nitrogens with zero attached hydrogens (tertiary/aromatic N) is 2. The molecule has 0 spiro atoms. The molecule has 6 nitrogen and oxygen atoms in total. The highest BCUT2D eigenvalue weighted by molar-refractivity contribution is 7.99. The van der Waals surface area contributed by atoms with E-state index in [-0.39, 0.29) is 17.9 Å². The number of imide groups is 1. The number of amides is 2. The third-order valence-electron chi connectivity index (χ3n) is 4.95. The van der Waals surface area contributed by atoms with Crippen LogP contribution in [0.3, 0.4) is 0 Å². The van der Waals surface area contributed by atoms with E-state index >= 15 is 0 Å². The normalized spacial score (nSPS) is 10.8. The second kappa shape index (κ2) is 9.97. The molecular weight excluding hydrogens is 454 g/mol. The molecule has 33 heavy (non-hydrogen) atoms. The second-order valence-corrected chi connectivity index (χ2v) is 9.13. The minimum absolute atomic E-state index is 0.0517. The molecule has 0 bridgehead atoms. The number of carbonyl (C=O) groups is 2. The number of hydrogen-bond acceptors (Lipinski definition) is 6. The molecule has 0 aliphatic heterocycles. The maximum Gasteiger partial charge on any atom is 0.263 e. The molecule has 0 aliphatic carbocycles. The molecule has 0 saturated heterocycles. The molecule has 2 heterocycles. The average Bonchev–Trinajstić information content (AvgIpc) is 3.25. The van der Waals surface area contributed by atoms with Gasteiger partial charge in [0.15, 0.2) is 5.16 Å². The van der Waals surface area contributed by atoms with Crippen LogP contribution in [0.15, 0.2) is 82.6 Å². The van der Waals surface area contributed by atoms with E-state index in [9.17, 15) is 14.4 Å². The summed E-state index contributed by atoms with van der Waals surface area (Å²) in [5, 5.41) is 5.26. The van der Waals surface area contributed by atoms with Crippen LogP contribution in [0.2, 0.25) is 0 Å². The molecule has 0 saturated carbocycles. The third-order valence-corrected chi connectivity index (χ3v) is 6.80. The first-order chi connectivity index (χ1) is 16.0. The minimum Gasteiger partial charge on any atom is -0.292 e. The van der Waals surface area contributed by atoms with Crippen LogP contribution in [-0.4, -0.2) is 27.1 Å². The Bertz CT molecular complexity index is 1390. The van der Waals surface area contributed by atoms with Crippen molar-refractivity contribution in [3.05, 3.63) is 94.1 Å². The average molecular weight is 476 g/mol. The van der Waals surface area contributed by atoms with Crippen LogP contribution in [0.4, 0.5) is 0 Å². The molecule has 2 aromatic heterocycles. The van der Waals surface area contributed by atoms with E-state index in [1.165, 1.54) is 15.9 Å². The molecule has 1 N–H and O–H groups in total. The molecule has 2 amide bonds. The van der Waals surface area contributed by atoms with Crippen LogP contribution in [0.5, 0.6) is 0 Å². The maximum absolute atomic E-state index is 13.4. The predicted octanol–water partition coefficient (Wildman–Crippen LogP) is 4.67. The van der Waals surface area contributed by atoms with Crippen molar-refractivity contribution in [2.24, 2.45) is 0 Å². The van der Waals surface area contributed by atoms with Gasteiger partial charge in [-0.2, -0.15) is 0 Å². The van der Waals surface area contributed by atoms with Crippen LogP contribution < -0.4 is 10.9 Å². The van der Waals surface area contributed by atoms with Gasteiger partial charge >= 0.3 is 0 Å². The first kappa shape index (κ1) is 22.7. The van der Waals surface area contributed by atoms with E-state index in [2.05, 4.69) is 16.9 Å². The van der Waals surface area contributed by atoms with Crippen molar-refractivity contribution < 1.29 is 9.59 Å². The van der Waals surface area contributed by atoms with E-state index in [0.717, 1.165) is 28.5 Å². The van der Waals surface area contributed by atoms with Gasteiger partial charge in [-0.25, -0.2) is 4.98 Å².